The third kappa shape index (κ3) is 4.99. The van der Waals surface area contributed by atoms with Crippen LogP contribution in [0.5, 0.6) is 0 Å². The van der Waals surface area contributed by atoms with E-state index in [1.807, 2.05) is 56.3 Å². The molecule has 3 saturated heterocycles. The molecule has 3 fully saturated rings. The summed E-state index contributed by atoms with van der Waals surface area (Å²) in [6, 6.07) is 12.0. The van der Waals surface area contributed by atoms with Gasteiger partial charge in [0.2, 0.25) is 5.91 Å². The first kappa shape index (κ1) is 30.4. The minimum atomic E-state index is -1.25. The van der Waals surface area contributed by atoms with Gasteiger partial charge in [0.25, 0.3) is 5.91 Å². The minimum Gasteiger partial charge on any atom is -0.465 e. The van der Waals surface area contributed by atoms with E-state index in [4.69, 9.17) is 9.47 Å². The van der Waals surface area contributed by atoms with E-state index in [9.17, 15) is 19.5 Å². The molecule has 5 rings (SSSR count). The maximum atomic E-state index is 14.8. The number of carbonyl (C=O) groups is 3. The van der Waals surface area contributed by atoms with Crippen molar-refractivity contribution in [3.05, 3.63) is 67.8 Å². The zero-order valence-electron chi connectivity index (χ0n) is 24.2. The van der Waals surface area contributed by atoms with Gasteiger partial charge in [-0.15, -0.1) is 13.2 Å². The second kappa shape index (κ2) is 12.3. The summed E-state index contributed by atoms with van der Waals surface area (Å²) in [6.45, 7) is 11.5. The number of aliphatic hydroxyl groups excluding tert-OH is 1. The molecule has 8 nitrogen and oxygen atoms in total. The molecule has 42 heavy (non-hydrogen) atoms. The number of esters is 1. The van der Waals surface area contributed by atoms with Gasteiger partial charge in [0.05, 0.1) is 37.2 Å². The maximum absolute atomic E-state index is 14.8. The van der Waals surface area contributed by atoms with Gasteiger partial charge in [0.1, 0.15) is 11.6 Å². The number of amides is 2. The fourth-order valence-electron chi connectivity index (χ4n) is 7.03. The molecule has 0 aliphatic carbocycles. The summed E-state index contributed by atoms with van der Waals surface area (Å²) in [5.74, 6) is -3.09. The first-order chi connectivity index (χ1) is 20.2. The van der Waals surface area contributed by atoms with E-state index in [1.54, 1.807) is 17.1 Å². The van der Waals surface area contributed by atoms with E-state index in [2.05, 4.69) is 29.1 Å². The van der Waals surface area contributed by atoms with Gasteiger partial charge in [0, 0.05) is 17.1 Å². The monoisotopic (exact) mass is 638 g/mol. The fraction of sp³-hybridized carbons (Fsp3) is 0.485. The zero-order chi connectivity index (χ0) is 30.2. The highest BCUT2D eigenvalue weighted by atomic mass is 79.9. The van der Waals surface area contributed by atoms with Crippen LogP contribution in [0.2, 0.25) is 0 Å². The highest BCUT2D eigenvalue weighted by Crippen LogP contribution is 2.61. The third-order valence-corrected chi connectivity index (χ3v) is 9.81. The Hall–Kier alpha value is -3.01. The highest BCUT2D eigenvalue weighted by molar-refractivity contribution is 9.09. The van der Waals surface area contributed by atoms with E-state index in [1.165, 1.54) is 4.90 Å². The third-order valence-electron chi connectivity index (χ3n) is 8.97. The molecule has 7 atom stereocenters. The van der Waals surface area contributed by atoms with Gasteiger partial charge in [-0.05, 0) is 48.1 Å². The van der Waals surface area contributed by atoms with Crippen LogP contribution < -0.4 is 4.90 Å². The number of unbranched alkanes of at least 4 members (excludes halogenated alkanes) is 1. The Balaban J connectivity index is 1.58. The Labute approximate surface area is 255 Å². The number of ether oxygens (including phenoxy) is 2. The Morgan fingerprint density at radius 3 is 2.62 bits per heavy atom. The summed E-state index contributed by atoms with van der Waals surface area (Å²) in [6.07, 6.45) is 4.51. The van der Waals surface area contributed by atoms with Crippen LogP contribution in [0.3, 0.4) is 0 Å². The van der Waals surface area contributed by atoms with Crippen LogP contribution in [0, 0.1) is 17.8 Å². The number of likely N-dealkylation sites (tertiary alicyclic amines) is 1. The van der Waals surface area contributed by atoms with Crippen LogP contribution in [-0.4, -0.2) is 76.2 Å². The van der Waals surface area contributed by atoms with Gasteiger partial charge in [-0.25, -0.2) is 0 Å². The molecule has 3 aliphatic rings. The normalized spacial score (nSPS) is 28.6. The number of fused-ring (bicyclic) bond motifs is 2. The lowest BCUT2D eigenvalue weighted by Crippen LogP contribution is -2.60. The molecule has 0 aromatic heterocycles. The van der Waals surface area contributed by atoms with Gasteiger partial charge in [-0.2, -0.15) is 0 Å². The van der Waals surface area contributed by atoms with E-state index >= 15 is 0 Å². The molecule has 1 spiro atoms. The van der Waals surface area contributed by atoms with Crippen LogP contribution in [0.4, 0.5) is 5.69 Å². The summed E-state index contributed by atoms with van der Waals surface area (Å²) in [7, 11) is 0. The molecule has 0 radical (unpaired) electrons. The number of hydrogen-bond donors (Lipinski definition) is 1. The Kier molecular flexibility index (Phi) is 8.92. The zero-order valence-corrected chi connectivity index (χ0v) is 25.7. The Morgan fingerprint density at radius 2 is 1.95 bits per heavy atom. The Bertz CT molecular complexity index is 1380. The molecule has 224 valence electrons. The van der Waals surface area contributed by atoms with Crippen molar-refractivity contribution in [3.63, 3.8) is 0 Å². The molecule has 3 aliphatic heterocycles. The predicted molar refractivity (Wildman–Crippen MR) is 165 cm³/mol. The summed E-state index contributed by atoms with van der Waals surface area (Å²) >= 11 is 3.70. The molecule has 9 heteroatoms. The number of aliphatic hydroxyl groups is 1. The molecule has 2 aromatic rings. The van der Waals surface area contributed by atoms with Crippen LogP contribution in [0.1, 0.15) is 33.1 Å². The van der Waals surface area contributed by atoms with Crippen molar-refractivity contribution in [3.8, 4) is 0 Å². The van der Waals surface area contributed by atoms with E-state index in [0.717, 1.165) is 10.8 Å². The summed E-state index contributed by atoms with van der Waals surface area (Å²) < 4.78 is 12.2. The molecule has 0 saturated carbocycles. The topological polar surface area (TPSA) is 96.4 Å². The first-order valence-electron chi connectivity index (χ1n) is 14.6. The number of benzene rings is 2. The van der Waals surface area contributed by atoms with Crippen molar-refractivity contribution in [2.24, 2.45) is 17.8 Å². The Morgan fingerprint density at radius 1 is 1.21 bits per heavy atom. The quantitative estimate of drug-likeness (QED) is 0.158. The number of hydrogen-bond acceptors (Lipinski definition) is 6. The lowest BCUT2D eigenvalue weighted by Gasteiger charge is -2.40. The standard InChI is InChI=1S/C33H39BrN2O6/c1-5-7-10-16-41-32(40)26-27-30(38)36(25(19-37)20(3)4)29(33(27)18-24(34)28(26)42-33)31(39)35(15-6-2)23-14-13-21-11-8-9-12-22(21)17-23/h5-6,8-9,11-14,17,20,24-29,37H,1-2,7,10,15-16,18-19H2,3-4H3/t24?,25-,26+,27-,28+,29?,33?/m0/s1. The lowest BCUT2D eigenvalue weighted by molar-refractivity contribution is -0.156. The van der Waals surface area contributed by atoms with Crippen molar-refractivity contribution < 1.29 is 29.0 Å². The average Bonchev–Trinajstić information content (AvgIpc) is 3.57. The molecule has 3 unspecified atom stereocenters. The van der Waals surface area contributed by atoms with Crippen LogP contribution in [0.25, 0.3) is 10.8 Å². The van der Waals surface area contributed by atoms with Crippen LogP contribution in [-0.2, 0) is 23.9 Å². The number of allylic oxidation sites excluding steroid dienone is 1. The fourth-order valence-corrected chi connectivity index (χ4v) is 7.98. The molecule has 2 aromatic carbocycles. The number of rotatable bonds is 12. The second-order valence-electron chi connectivity index (χ2n) is 11.8. The smallest absolute Gasteiger partial charge is 0.312 e. The molecular formula is C33H39BrN2O6. The maximum Gasteiger partial charge on any atom is 0.312 e. The predicted octanol–water partition coefficient (Wildman–Crippen LogP) is 4.63. The summed E-state index contributed by atoms with van der Waals surface area (Å²) in [4.78, 5) is 45.6. The van der Waals surface area contributed by atoms with Crippen LogP contribution in [0.15, 0.2) is 67.8 Å². The largest absolute Gasteiger partial charge is 0.465 e. The second-order valence-corrected chi connectivity index (χ2v) is 12.9. The molecule has 1 N–H and O–H groups in total. The first-order valence-corrected chi connectivity index (χ1v) is 15.5. The average molecular weight is 640 g/mol. The molecular weight excluding hydrogens is 600 g/mol. The van der Waals surface area contributed by atoms with E-state index in [-0.39, 0.29) is 42.3 Å². The van der Waals surface area contributed by atoms with Crippen molar-refractivity contribution in [2.75, 3.05) is 24.7 Å². The van der Waals surface area contributed by atoms with Crippen molar-refractivity contribution in [1.29, 1.82) is 0 Å². The summed E-state index contributed by atoms with van der Waals surface area (Å²) in [5, 5.41) is 12.5. The van der Waals surface area contributed by atoms with Crippen LogP contribution >= 0.6 is 15.9 Å². The number of alkyl halides is 1. The van der Waals surface area contributed by atoms with Gasteiger partial charge in [-0.1, -0.05) is 72.3 Å². The number of nitrogens with zero attached hydrogens (tertiary/aromatic N) is 2. The van der Waals surface area contributed by atoms with Crippen molar-refractivity contribution in [1.82, 2.24) is 4.90 Å². The number of anilines is 1. The lowest BCUT2D eigenvalue weighted by atomic mass is 9.70. The van der Waals surface area contributed by atoms with E-state index in [0.29, 0.717) is 24.9 Å². The molecule has 2 amide bonds. The summed E-state index contributed by atoms with van der Waals surface area (Å²) in [5.41, 5.74) is -0.590. The van der Waals surface area contributed by atoms with Crippen molar-refractivity contribution in [2.45, 2.75) is 61.7 Å². The SMILES string of the molecule is C=CCCCOC(=O)[C@H]1[C@@H]2OC3(CC2Br)C(C(=O)N(CC=C)c2ccc4ccccc4c2)N([C@@H](CO)C(C)C)C(=O)[C@H]13. The van der Waals surface area contributed by atoms with Gasteiger partial charge < -0.3 is 24.4 Å². The van der Waals surface area contributed by atoms with Gasteiger partial charge in [0.15, 0.2) is 0 Å². The molecule has 2 bridgehead atoms. The highest BCUT2D eigenvalue weighted by Gasteiger charge is 2.77. The number of halogens is 1. The van der Waals surface area contributed by atoms with E-state index < -0.39 is 41.6 Å². The minimum absolute atomic E-state index is 0.153. The van der Waals surface area contributed by atoms with Gasteiger partial charge in [-0.3, -0.25) is 14.4 Å². The number of carbonyl (C=O) groups excluding carboxylic acids is 3. The van der Waals surface area contributed by atoms with Gasteiger partial charge >= 0.3 is 5.97 Å². The van der Waals surface area contributed by atoms with Crippen molar-refractivity contribution >= 4 is 50.2 Å². The molecule has 3 heterocycles.